The molecular formula is C16H24N2O2. The minimum absolute atomic E-state index is 0.0188. The van der Waals surface area contributed by atoms with Gasteiger partial charge >= 0.3 is 0 Å². The van der Waals surface area contributed by atoms with Gasteiger partial charge in [0.05, 0.1) is 6.10 Å². The molecule has 110 valence electrons. The van der Waals surface area contributed by atoms with E-state index in [9.17, 15) is 4.79 Å². The van der Waals surface area contributed by atoms with E-state index in [-0.39, 0.29) is 18.1 Å². The molecule has 1 aromatic rings. The third kappa shape index (κ3) is 4.94. The van der Waals surface area contributed by atoms with Crippen LogP contribution in [0.2, 0.25) is 0 Å². The maximum Gasteiger partial charge on any atom is 0.220 e. The van der Waals surface area contributed by atoms with Gasteiger partial charge < -0.3 is 15.8 Å². The third-order valence-electron chi connectivity index (χ3n) is 3.72. The predicted molar refractivity (Wildman–Crippen MR) is 79.2 cm³/mol. The average Bonchev–Trinajstić information content (AvgIpc) is 2.99. The topological polar surface area (TPSA) is 64.3 Å². The summed E-state index contributed by atoms with van der Waals surface area (Å²) in [6, 6.07) is 9.96. The van der Waals surface area contributed by atoms with Crippen molar-refractivity contribution in [1.29, 1.82) is 0 Å². The monoisotopic (exact) mass is 276 g/mol. The first-order valence-corrected chi connectivity index (χ1v) is 7.44. The van der Waals surface area contributed by atoms with Crippen LogP contribution in [0.5, 0.6) is 0 Å². The van der Waals surface area contributed by atoms with Gasteiger partial charge in [0.2, 0.25) is 5.91 Å². The van der Waals surface area contributed by atoms with Gasteiger partial charge in [0.1, 0.15) is 0 Å². The molecule has 2 rings (SSSR count). The maximum atomic E-state index is 11.7. The molecule has 0 aliphatic carbocycles. The molecule has 1 heterocycles. The van der Waals surface area contributed by atoms with Crippen LogP contribution in [-0.2, 0) is 9.53 Å². The maximum absolute atomic E-state index is 11.7. The summed E-state index contributed by atoms with van der Waals surface area (Å²) in [4.78, 5) is 11.7. The quantitative estimate of drug-likeness (QED) is 0.802. The van der Waals surface area contributed by atoms with Crippen molar-refractivity contribution in [2.75, 3.05) is 13.2 Å². The van der Waals surface area contributed by atoms with Crippen molar-refractivity contribution in [3.63, 3.8) is 0 Å². The SMILES string of the molecule is NC(CCNC(=O)CCC1CCCO1)c1ccccc1. The Kier molecular flexibility index (Phi) is 6.02. The van der Waals surface area contributed by atoms with Gasteiger partial charge in [0, 0.05) is 25.6 Å². The highest BCUT2D eigenvalue weighted by atomic mass is 16.5. The van der Waals surface area contributed by atoms with Gasteiger partial charge in [-0.1, -0.05) is 30.3 Å². The first kappa shape index (κ1) is 15.0. The van der Waals surface area contributed by atoms with Crippen LogP contribution in [0.1, 0.15) is 43.7 Å². The summed E-state index contributed by atoms with van der Waals surface area (Å²) in [6.45, 7) is 1.47. The Labute approximate surface area is 120 Å². The molecule has 1 amide bonds. The Morgan fingerprint density at radius 3 is 2.90 bits per heavy atom. The van der Waals surface area contributed by atoms with Crippen molar-refractivity contribution >= 4 is 5.91 Å². The number of nitrogens with one attached hydrogen (secondary N) is 1. The van der Waals surface area contributed by atoms with E-state index in [0.717, 1.165) is 37.9 Å². The van der Waals surface area contributed by atoms with E-state index in [0.29, 0.717) is 13.0 Å². The second-order valence-electron chi connectivity index (χ2n) is 5.33. The molecule has 0 bridgehead atoms. The number of rotatable bonds is 7. The van der Waals surface area contributed by atoms with E-state index in [4.69, 9.17) is 10.5 Å². The van der Waals surface area contributed by atoms with Gasteiger partial charge in [0.15, 0.2) is 0 Å². The van der Waals surface area contributed by atoms with Crippen molar-refractivity contribution in [2.24, 2.45) is 5.73 Å². The molecule has 0 radical (unpaired) electrons. The summed E-state index contributed by atoms with van der Waals surface area (Å²) in [5.41, 5.74) is 7.20. The molecule has 4 nitrogen and oxygen atoms in total. The van der Waals surface area contributed by atoms with Gasteiger partial charge in [-0.25, -0.2) is 0 Å². The van der Waals surface area contributed by atoms with Crippen LogP contribution in [0.15, 0.2) is 30.3 Å². The summed E-state index contributed by atoms with van der Waals surface area (Å²) >= 11 is 0. The van der Waals surface area contributed by atoms with E-state index in [2.05, 4.69) is 5.32 Å². The molecule has 20 heavy (non-hydrogen) atoms. The molecule has 1 fully saturated rings. The standard InChI is InChI=1S/C16H24N2O2/c17-15(13-5-2-1-3-6-13)10-11-18-16(19)9-8-14-7-4-12-20-14/h1-3,5-6,14-15H,4,7-12,17H2,(H,18,19). The largest absolute Gasteiger partial charge is 0.378 e. The van der Waals surface area contributed by atoms with Crippen LogP contribution in [0.25, 0.3) is 0 Å². The Morgan fingerprint density at radius 1 is 1.40 bits per heavy atom. The molecule has 1 aliphatic rings. The fraction of sp³-hybridized carbons (Fsp3) is 0.562. The Morgan fingerprint density at radius 2 is 2.20 bits per heavy atom. The lowest BCUT2D eigenvalue weighted by molar-refractivity contribution is -0.121. The molecule has 0 saturated carbocycles. The molecule has 1 aromatic carbocycles. The third-order valence-corrected chi connectivity index (χ3v) is 3.72. The van der Waals surface area contributed by atoms with Crippen LogP contribution in [-0.4, -0.2) is 25.2 Å². The van der Waals surface area contributed by atoms with Gasteiger partial charge in [-0.05, 0) is 31.2 Å². The highest BCUT2D eigenvalue weighted by Crippen LogP contribution is 2.16. The van der Waals surface area contributed by atoms with Crippen molar-refractivity contribution < 1.29 is 9.53 Å². The number of carbonyl (C=O) groups is 1. The van der Waals surface area contributed by atoms with Crippen molar-refractivity contribution in [2.45, 2.75) is 44.2 Å². The number of nitrogens with two attached hydrogens (primary N) is 1. The summed E-state index contributed by atoms with van der Waals surface area (Å²) in [6.07, 6.45) is 4.63. The highest BCUT2D eigenvalue weighted by molar-refractivity contribution is 5.75. The van der Waals surface area contributed by atoms with Crippen molar-refractivity contribution in [3.05, 3.63) is 35.9 Å². The van der Waals surface area contributed by atoms with Gasteiger partial charge in [-0.3, -0.25) is 4.79 Å². The van der Waals surface area contributed by atoms with E-state index >= 15 is 0 Å². The second-order valence-corrected chi connectivity index (χ2v) is 5.33. The lowest BCUT2D eigenvalue weighted by Gasteiger charge is -2.13. The van der Waals surface area contributed by atoms with Crippen molar-refractivity contribution in [1.82, 2.24) is 5.32 Å². The Bertz CT molecular complexity index is 402. The summed E-state index contributed by atoms with van der Waals surface area (Å²) in [5.74, 6) is 0.0979. The van der Waals surface area contributed by atoms with Gasteiger partial charge in [-0.2, -0.15) is 0 Å². The number of ether oxygens (including phenoxy) is 1. The average molecular weight is 276 g/mol. The van der Waals surface area contributed by atoms with E-state index < -0.39 is 0 Å². The zero-order valence-electron chi connectivity index (χ0n) is 11.9. The highest BCUT2D eigenvalue weighted by Gasteiger charge is 2.16. The Balaban J connectivity index is 1.59. The molecule has 1 aliphatic heterocycles. The molecule has 0 aromatic heterocycles. The summed E-state index contributed by atoms with van der Waals surface area (Å²) in [7, 11) is 0. The Hall–Kier alpha value is -1.39. The predicted octanol–water partition coefficient (Wildman–Crippen LogP) is 2.15. The number of amides is 1. The number of hydrogen-bond acceptors (Lipinski definition) is 3. The fourth-order valence-corrected chi connectivity index (χ4v) is 2.49. The van der Waals surface area contributed by atoms with E-state index in [1.165, 1.54) is 0 Å². The van der Waals surface area contributed by atoms with E-state index in [1.54, 1.807) is 0 Å². The molecule has 1 saturated heterocycles. The second kappa shape index (κ2) is 8.02. The number of hydrogen-bond donors (Lipinski definition) is 2. The van der Waals surface area contributed by atoms with Crippen LogP contribution < -0.4 is 11.1 Å². The van der Waals surface area contributed by atoms with Crippen LogP contribution in [0, 0.1) is 0 Å². The number of benzene rings is 1. The lowest BCUT2D eigenvalue weighted by Crippen LogP contribution is -2.27. The first-order valence-electron chi connectivity index (χ1n) is 7.44. The smallest absolute Gasteiger partial charge is 0.220 e. The van der Waals surface area contributed by atoms with E-state index in [1.807, 2.05) is 30.3 Å². The minimum atomic E-state index is -0.0188. The molecular weight excluding hydrogens is 252 g/mol. The molecule has 4 heteroatoms. The van der Waals surface area contributed by atoms with Crippen LogP contribution >= 0.6 is 0 Å². The molecule has 0 spiro atoms. The lowest BCUT2D eigenvalue weighted by atomic mass is 10.0. The van der Waals surface area contributed by atoms with Crippen molar-refractivity contribution in [3.8, 4) is 0 Å². The fourth-order valence-electron chi connectivity index (χ4n) is 2.49. The van der Waals surface area contributed by atoms with Gasteiger partial charge in [0.25, 0.3) is 0 Å². The minimum Gasteiger partial charge on any atom is -0.378 e. The molecule has 2 unspecified atom stereocenters. The zero-order valence-corrected chi connectivity index (χ0v) is 11.9. The van der Waals surface area contributed by atoms with Crippen LogP contribution in [0.4, 0.5) is 0 Å². The first-order chi connectivity index (χ1) is 9.75. The summed E-state index contributed by atoms with van der Waals surface area (Å²) in [5, 5.41) is 2.93. The zero-order chi connectivity index (χ0) is 14.2. The molecule has 2 atom stereocenters. The molecule has 3 N–H and O–H groups in total. The normalized spacial score (nSPS) is 19.8. The number of carbonyl (C=O) groups excluding carboxylic acids is 1. The van der Waals surface area contributed by atoms with Crippen LogP contribution in [0.3, 0.4) is 0 Å². The summed E-state index contributed by atoms with van der Waals surface area (Å²) < 4.78 is 5.50. The van der Waals surface area contributed by atoms with Gasteiger partial charge in [-0.15, -0.1) is 0 Å².